The highest BCUT2D eigenvalue weighted by Gasteiger charge is 2.15. The van der Waals surface area contributed by atoms with Gasteiger partial charge in [-0.3, -0.25) is 9.89 Å². The summed E-state index contributed by atoms with van der Waals surface area (Å²) in [5.41, 5.74) is 6.69. The first-order chi connectivity index (χ1) is 8.18. The third kappa shape index (κ3) is 2.62. The number of carbonyl (C=O) groups is 1. The molecule has 0 fully saturated rings. The summed E-state index contributed by atoms with van der Waals surface area (Å²) in [6, 6.07) is 0. The number of aromatic nitrogens is 3. The summed E-state index contributed by atoms with van der Waals surface area (Å²) in [7, 11) is 0. The zero-order valence-corrected chi connectivity index (χ0v) is 10.2. The molecule has 2 aromatic heterocycles. The van der Waals surface area contributed by atoms with E-state index in [-0.39, 0.29) is 11.7 Å². The Labute approximate surface area is 102 Å². The lowest BCUT2D eigenvalue weighted by atomic mass is 10.2. The maximum atomic E-state index is 11.8. The molecule has 90 valence electrons. The molecule has 7 heteroatoms. The van der Waals surface area contributed by atoms with Crippen LogP contribution in [0.3, 0.4) is 0 Å². The summed E-state index contributed by atoms with van der Waals surface area (Å²) in [5, 5.41) is 12.2. The molecule has 0 aromatic carbocycles. The van der Waals surface area contributed by atoms with E-state index in [1.54, 1.807) is 24.5 Å². The van der Waals surface area contributed by atoms with Gasteiger partial charge in [0.1, 0.15) is 5.56 Å². The van der Waals surface area contributed by atoms with Gasteiger partial charge in [-0.1, -0.05) is 0 Å². The van der Waals surface area contributed by atoms with Gasteiger partial charge in [0.25, 0.3) is 5.91 Å². The Balaban J connectivity index is 1.90. The average molecular weight is 251 g/mol. The molecule has 0 spiro atoms. The van der Waals surface area contributed by atoms with Crippen LogP contribution in [0, 0.1) is 6.92 Å². The number of anilines is 1. The molecule has 4 N–H and O–H groups in total. The Morgan fingerprint density at radius 1 is 1.65 bits per heavy atom. The summed E-state index contributed by atoms with van der Waals surface area (Å²) in [6.07, 6.45) is 2.47. The molecule has 0 saturated heterocycles. The van der Waals surface area contributed by atoms with Crippen molar-refractivity contribution < 1.29 is 4.79 Å². The minimum Gasteiger partial charge on any atom is -0.382 e. The van der Waals surface area contributed by atoms with Crippen LogP contribution in [-0.2, 0) is 6.42 Å². The maximum absolute atomic E-state index is 11.8. The number of rotatable bonds is 4. The molecule has 0 aliphatic carbocycles. The number of nitrogen functional groups attached to an aromatic ring is 1. The van der Waals surface area contributed by atoms with Crippen LogP contribution in [-0.4, -0.2) is 27.6 Å². The quantitative estimate of drug-likeness (QED) is 0.746. The van der Waals surface area contributed by atoms with E-state index in [4.69, 9.17) is 5.73 Å². The van der Waals surface area contributed by atoms with Gasteiger partial charge in [0.15, 0.2) is 5.82 Å². The zero-order chi connectivity index (χ0) is 12.3. The van der Waals surface area contributed by atoms with Crippen LogP contribution in [0.5, 0.6) is 0 Å². The van der Waals surface area contributed by atoms with Crippen molar-refractivity contribution in [3.63, 3.8) is 0 Å². The SMILES string of the molecule is Cc1[nH]nc(N)c1C(=O)NCCc1nccs1. The Hall–Kier alpha value is -1.89. The number of aryl methyl sites for hydroxylation is 1. The highest BCUT2D eigenvalue weighted by atomic mass is 32.1. The fraction of sp³-hybridized carbons (Fsp3) is 0.300. The molecule has 0 unspecified atom stereocenters. The van der Waals surface area contributed by atoms with Crippen molar-refractivity contribution in [1.82, 2.24) is 20.5 Å². The topological polar surface area (TPSA) is 96.7 Å². The summed E-state index contributed by atoms with van der Waals surface area (Å²) in [6.45, 7) is 2.30. The van der Waals surface area contributed by atoms with Gasteiger partial charge in [0.05, 0.1) is 5.01 Å². The monoisotopic (exact) mass is 251 g/mol. The molecule has 2 rings (SSSR count). The van der Waals surface area contributed by atoms with Gasteiger partial charge in [0.2, 0.25) is 0 Å². The Bertz CT molecular complexity index is 485. The van der Waals surface area contributed by atoms with Crippen molar-refractivity contribution in [1.29, 1.82) is 0 Å². The second kappa shape index (κ2) is 4.96. The summed E-state index contributed by atoms with van der Waals surface area (Å²) in [4.78, 5) is 15.9. The zero-order valence-electron chi connectivity index (χ0n) is 9.36. The molecular formula is C10H13N5OS. The second-order valence-electron chi connectivity index (χ2n) is 3.54. The van der Waals surface area contributed by atoms with Gasteiger partial charge in [-0.25, -0.2) is 4.98 Å². The number of thiazole rings is 1. The molecule has 0 bridgehead atoms. The summed E-state index contributed by atoms with van der Waals surface area (Å²) >= 11 is 1.57. The Morgan fingerprint density at radius 3 is 3.06 bits per heavy atom. The molecule has 2 aromatic rings. The van der Waals surface area contributed by atoms with Crippen molar-refractivity contribution >= 4 is 23.1 Å². The highest BCUT2D eigenvalue weighted by molar-refractivity contribution is 7.09. The van der Waals surface area contributed by atoms with Gasteiger partial charge < -0.3 is 11.1 Å². The van der Waals surface area contributed by atoms with Crippen molar-refractivity contribution in [3.8, 4) is 0 Å². The van der Waals surface area contributed by atoms with Crippen molar-refractivity contribution in [2.24, 2.45) is 0 Å². The van der Waals surface area contributed by atoms with E-state index in [0.29, 0.717) is 17.8 Å². The summed E-state index contributed by atoms with van der Waals surface area (Å²) in [5.74, 6) is 0.0274. The van der Waals surface area contributed by atoms with Gasteiger partial charge in [-0.15, -0.1) is 11.3 Å². The molecule has 6 nitrogen and oxygen atoms in total. The highest BCUT2D eigenvalue weighted by Crippen LogP contribution is 2.11. The molecule has 0 saturated carbocycles. The number of amides is 1. The standard InChI is InChI=1S/C10H13N5OS/c1-6-8(9(11)15-14-6)10(16)13-3-2-7-12-4-5-17-7/h4-5H,2-3H2,1H3,(H,13,16)(H3,11,14,15). The van der Waals surface area contributed by atoms with Crippen LogP contribution in [0.15, 0.2) is 11.6 Å². The van der Waals surface area contributed by atoms with E-state index < -0.39 is 0 Å². The lowest BCUT2D eigenvalue weighted by molar-refractivity contribution is 0.0954. The van der Waals surface area contributed by atoms with Gasteiger partial charge in [-0.2, -0.15) is 5.10 Å². The number of hydrogen-bond acceptors (Lipinski definition) is 5. The van der Waals surface area contributed by atoms with Crippen molar-refractivity contribution in [2.45, 2.75) is 13.3 Å². The van der Waals surface area contributed by atoms with Crippen molar-refractivity contribution in [2.75, 3.05) is 12.3 Å². The number of hydrogen-bond donors (Lipinski definition) is 3. The normalized spacial score (nSPS) is 10.4. The number of nitrogens with one attached hydrogen (secondary N) is 2. The predicted octanol–water partition coefficient (Wildman–Crippen LogP) is 0.729. The molecular weight excluding hydrogens is 238 g/mol. The molecule has 2 heterocycles. The first kappa shape index (κ1) is 11.6. The van der Waals surface area contributed by atoms with Crippen LogP contribution in [0.4, 0.5) is 5.82 Å². The van der Waals surface area contributed by atoms with E-state index in [1.807, 2.05) is 5.38 Å². The molecule has 17 heavy (non-hydrogen) atoms. The number of aromatic amines is 1. The van der Waals surface area contributed by atoms with E-state index in [2.05, 4.69) is 20.5 Å². The van der Waals surface area contributed by atoms with Crippen LogP contribution >= 0.6 is 11.3 Å². The van der Waals surface area contributed by atoms with E-state index in [1.165, 1.54) is 0 Å². The van der Waals surface area contributed by atoms with Crippen molar-refractivity contribution in [3.05, 3.63) is 27.8 Å². The lowest BCUT2D eigenvalue weighted by Gasteiger charge is -2.03. The van der Waals surface area contributed by atoms with Gasteiger partial charge in [0, 0.05) is 30.2 Å². The van der Waals surface area contributed by atoms with Gasteiger partial charge in [-0.05, 0) is 6.92 Å². The number of carbonyl (C=O) groups excluding carboxylic acids is 1. The second-order valence-corrected chi connectivity index (χ2v) is 4.52. The minimum atomic E-state index is -0.203. The van der Waals surface area contributed by atoms with E-state index in [0.717, 1.165) is 11.4 Å². The lowest BCUT2D eigenvalue weighted by Crippen LogP contribution is -2.26. The number of nitrogens with zero attached hydrogens (tertiary/aromatic N) is 2. The number of H-pyrrole nitrogens is 1. The van der Waals surface area contributed by atoms with E-state index in [9.17, 15) is 4.79 Å². The largest absolute Gasteiger partial charge is 0.382 e. The predicted molar refractivity (Wildman–Crippen MR) is 65.9 cm³/mol. The van der Waals surface area contributed by atoms with Gasteiger partial charge >= 0.3 is 0 Å². The summed E-state index contributed by atoms with van der Waals surface area (Å²) < 4.78 is 0. The fourth-order valence-electron chi connectivity index (χ4n) is 1.48. The molecule has 0 aliphatic heterocycles. The molecule has 0 atom stereocenters. The molecule has 1 amide bonds. The van der Waals surface area contributed by atoms with Crippen LogP contribution in [0.25, 0.3) is 0 Å². The average Bonchev–Trinajstić information content (AvgIpc) is 2.89. The first-order valence-corrected chi connectivity index (χ1v) is 6.03. The Kier molecular flexibility index (Phi) is 3.38. The minimum absolute atomic E-state index is 0.203. The third-order valence-corrected chi connectivity index (χ3v) is 3.15. The smallest absolute Gasteiger partial charge is 0.256 e. The molecule has 0 radical (unpaired) electrons. The third-order valence-electron chi connectivity index (χ3n) is 2.31. The number of nitrogens with two attached hydrogens (primary N) is 1. The Morgan fingerprint density at radius 2 is 2.47 bits per heavy atom. The van der Waals surface area contributed by atoms with Crippen LogP contribution < -0.4 is 11.1 Å². The van der Waals surface area contributed by atoms with Crippen LogP contribution in [0.1, 0.15) is 21.1 Å². The maximum Gasteiger partial charge on any atom is 0.256 e. The first-order valence-electron chi connectivity index (χ1n) is 5.15. The van der Waals surface area contributed by atoms with Crippen LogP contribution in [0.2, 0.25) is 0 Å². The fourth-order valence-corrected chi connectivity index (χ4v) is 2.10. The van der Waals surface area contributed by atoms with E-state index >= 15 is 0 Å². The molecule has 0 aliphatic rings.